The van der Waals surface area contributed by atoms with E-state index in [0.29, 0.717) is 29.8 Å². The molecule has 0 saturated heterocycles. The van der Waals surface area contributed by atoms with E-state index in [-0.39, 0.29) is 16.8 Å². The molecule has 0 spiro atoms. The van der Waals surface area contributed by atoms with Crippen molar-refractivity contribution in [3.63, 3.8) is 0 Å². The third-order valence-electron chi connectivity index (χ3n) is 5.39. The maximum Gasteiger partial charge on any atom is 0.268 e. The number of nitrogens with two attached hydrogens (primary N) is 1. The molecule has 1 heterocycles. The van der Waals surface area contributed by atoms with Crippen molar-refractivity contribution < 1.29 is 9.59 Å². The smallest absolute Gasteiger partial charge is 0.268 e. The molecule has 0 saturated carbocycles. The number of hydrogen-bond acceptors (Lipinski definition) is 4. The van der Waals surface area contributed by atoms with Crippen LogP contribution in [0.25, 0.3) is 5.69 Å². The van der Waals surface area contributed by atoms with E-state index in [1.807, 2.05) is 38.1 Å². The number of carbonyl (C=O) groups excluding carboxylic acids is 2. The maximum atomic E-state index is 13.1. The van der Waals surface area contributed by atoms with Crippen LogP contribution in [0.5, 0.6) is 0 Å². The number of primary amides is 1. The Hall–Kier alpha value is -2.89. The normalized spacial score (nSPS) is 15.2. The molecule has 0 unspecified atom stereocenters. The lowest BCUT2D eigenvalue weighted by atomic mass is 9.75. The number of amides is 1. The predicted molar refractivity (Wildman–Crippen MR) is 111 cm³/mol. The Bertz CT molecular complexity index is 983. The summed E-state index contributed by atoms with van der Waals surface area (Å²) in [5.41, 5.74) is 7.28. The van der Waals surface area contributed by atoms with Gasteiger partial charge in [0.1, 0.15) is 5.56 Å². The van der Waals surface area contributed by atoms with Crippen molar-refractivity contribution in [3.05, 3.63) is 57.5 Å². The summed E-state index contributed by atoms with van der Waals surface area (Å²) in [6.07, 6.45) is 0.942. The van der Waals surface area contributed by atoms with Gasteiger partial charge in [-0.3, -0.25) is 19.0 Å². The van der Waals surface area contributed by atoms with Crippen LogP contribution in [0.3, 0.4) is 0 Å². The molecule has 28 heavy (non-hydrogen) atoms. The van der Waals surface area contributed by atoms with Gasteiger partial charge in [0.15, 0.2) is 5.78 Å². The van der Waals surface area contributed by atoms with Gasteiger partial charge in [-0.1, -0.05) is 13.8 Å². The molecule has 1 aromatic carbocycles. The summed E-state index contributed by atoms with van der Waals surface area (Å²) in [4.78, 5) is 39.8. The first-order valence-electron chi connectivity index (χ1n) is 9.66. The minimum atomic E-state index is -0.820. The molecule has 2 aromatic rings. The second-order valence-electron chi connectivity index (χ2n) is 8.05. The standard InChI is InChI=1S/C22H27N3O3/c1-5-24(6-2)14-7-9-15(10-8-14)25-18-12-22(3,4)13-19(26)16(18)11-17(20(23)27)21(25)28/h7-11H,5-6,12-13H2,1-4H3,(H2,23,27). The van der Waals surface area contributed by atoms with Crippen LogP contribution in [0.4, 0.5) is 5.69 Å². The monoisotopic (exact) mass is 381 g/mol. The maximum absolute atomic E-state index is 13.1. The quantitative estimate of drug-likeness (QED) is 0.863. The molecule has 6 heteroatoms. The van der Waals surface area contributed by atoms with E-state index >= 15 is 0 Å². The van der Waals surface area contributed by atoms with Crippen LogP contribution in [0.15, 0.2) is 35.1 Å². The van der Waals surface area contributed by atoms with E-state index < -0.39 is 11.5 Å². The van der Waals surface area contributed by atoms with Crippen LogP contribution in [-0.2, 0) is 6.42 Å². The Balaban J connectivity index is 2.24. The summed E-state index contributed by atoms with van der Waals surface area (Å²) >= 11 is 0. The number of fused-ring (bicyclic) bond motifs is 1. The number of pyridine rings is 1. The zero-order valence-electron chi connectivity index (χ0n) is 16.9. The number of carbonyl (C=O) groups is 2. The third-order valence-corrected chi connectivity index (χ3v) is 5.39. The fourth-order valence-corrected chi connectivity index (χ4v) is 3.97. The molecule has 1 aromatic heterocycles. The minimum Gasteiger partial charge on any atom is -0.372 e. The van der Waals surface area contributed by atoms with Crippen molar-refractivity contribution in [3.8, 4) is 5.69 Å². The van der Waals surface area contributed by atoms with Crippen LogP contribution in [-0.4, -0.2) is 29.3 Å². The van der Waals surface area contributed by atoms with E-state index in [1.165, 1.54) is 10.6 Å². The Morgan fingerprint density at radius 1 is 1.11 bits per heavy atom. The Kier molecular flexibility index (Phi) is 5.15. The fraction of sp³-hybridized carbons (Fsp3) is 0.409. The van der Waals surface area contributed by atoms with E-state index in [4.69, 9.17) is 5.73 Å². The average Bonchev–Trinajstić information content (AvgIpc) is 2.62. The van der Waals surface area contributed by atoms with Crippen molar-refractivity contribution in [2.75, 3.05) is 18.0 Å². The van der Waals surface area contributed by atoms with Gasteiger partial charge in [0.2, 0.25) is 0 Å². The first-order chi connectivity index (χ1) is 13.2. The molecule has 6 nitrogen and oxygen atoms in total. The summed E-state index contributed by atoms with van der Waals surface area (Å²) in [5, 5.41) is 0. The molecule has 0 radical (unpaired) electrons. The lowest BCUT2D eigenvalue weighted by molar-refractivity contribution is 0.0909. The summed E-state index contributed by atoms with van der Waals surface area (Å²) in [6, 6.07) is 8.98. The largest absolute Gasteiger partial charge is 0.372 e. The first-order valence-corrected chi connectivity index (χ1v) is 9.66. The number of anilines is 1. The van der Waals surface area contributed by atoms with Crippen LogP contribution in [0.2, 0.25) is 0 Å². The molecule has 1 aliphatic rings. The molecule has 1 aliphatic carbocycles. The predicted octanol–water partition coefficient (Wildman–Crippen LogP) is 2.94. The van der Waals surface area contributed by atoms with Gasteiger partial charge in [-0.15, -0.1) is 0 Å². The zero-order valence-corrected chi connectivity index (χ0v) is 16.9. The topological polar surface area (TPSA) is 85.4 Å². The van der Waals surface area contributed by atoms with Crippen LogP contribution < -0.4 is 16.2 Å². The van der Waals surface area contributed by atoms with Crippen molar-refractivity contribution in [1.29, 1.82) is 0 Å². The second-order valence-corrected chi connectivity index (χ2v) is 8.05. The number of rotatable bonds is 5. The highest BCUT2D eigenvalue weighted by Gasteiger charge is 2.34. The van der Waals surface area contributed by atoms with Gasteiger partial charge >= 0.3 is 0 Å². The van der Waals surface area contributed by atoms with Crippen molar-refractivity contribution in [2.45, 2.75) is 40.5 Å². The Morgan fingerprint density at radius 3 is 2.25 bits per heavy atom. The highest BCUT2D eigenvalue weighted by molar-refractivity contribution is 6.02. The SMILES string of the molecule is CCN(CC)c1ccc(-n2c3c(cc(C(N)=O)c2=O)C(=O)CC(C)(C)C3)cc1. The summed E-state index contributed by atoms with van der Waals surface area (Å²) in [7, 11) is 0. The van der Waals surface area contributed by atoms with E-state index in [9.17, 15) is 14.4 Å². The van der Waals surface area contributed by atoms with Crippen LogP contribution in [0, 0.1) is 5.41 Å². The number of nitrogens with zero attached hydrogens (tertiary/aromatic N) is 2. The Morgan fingerprint density at radius 2 is 1.71 bits per heavy atom. The lowest BCUT2D eigenvalue weighted by Crippen LogP contribution is -2.37. The second kappa shape index (κ2) is 7.26. The molecule has 2 N–H and O–H groups in total. The summed E-state index contributed by atoms with van der Waals surface area (Å²) in [5.74, 6) is -0.888. The van der Waals surface area contributed by atoms with Crippen molar-refractivity contribution >= 4 is 17.4 Å². The molecule has 0 atom stereocenters. The van der Waals surface area contributed by atoms with Gasteiger partial charge in [-0.2, -0.15) is 0 Å². The minimum absolute atomic E-state index is 0.0674. The van der Waals surface area contributed by atoms with Gasteiger partial charge in [-0.05, 0) is 56.0 Å². The third kappa shape index (κ3) is 3.46. The van der Waals surface area contributed by atoms with E-state index in [0.717, 1.165) is 18.8 Å². The van der Waals surface area contributed by atoms with Gasteiger partial charge in [0.25, 0.3) is 11.5 Å². The molecule has 0 aliphatic heterocycles. The number of aromatic nitrogens is 1. The van der Waals surface area contributed by atoms with Gasteiger partial charge in [0, 0.05) is 42.1 Å². The summed E-state index contributed by atoms with van der Waals surface area (Å²) < 4.78 is 1.49. The molecule has 0 fully saturated rings. The lowest BCUT2D eigenvalue weighted by Gasteiger charge is -2.32. The number of hydrogen-bond donors (Lipinski definition) is 1. The van der Waals surface area contributed by atoms with Gasteiger partial charge < -0.3 is 10.6 Å². The molecular formula is C22H27N3O3. The number of benzene rings is 1. The number of ketones is 1. The average molecular weight is 381 g/mol. The van der Waals surface area contributed by atoms with Crippen molar-refractivity contribution in [1.82, 2.24) is 4.57 Å². The van der Waals surface area contributed by atoms with Gasteiger partial charge in [-0.25, -0.2) is 0 Å². The van der Waals surface area contributed by atoms with Gasteiger partial charge in [0.05, 0.1) is 0 Å². The first kappa shape index (κ1) is 19.9. The molecule has 3 rings (SSSR count). The molecule has 148 valence electrons. The fourth-order valence-electron chi connectivity index (χ4n) is 3.97. The zero-order chi connectivity index (χ0) is 20.6. The van der Waals surface area contributed by atoms with Crippen LogP contribution in [0.1, 0.15) is 60.5 Å². The molecule has 1 amide bonds. The highest BCUT2D eigenvalue weighted by atomic mass is 16.2. The molecule has 0 bridgehead atoms. The van der Waals surface area contributed by atoms with E-state index in [2.05, 4.69) is 18.7 Å². The summed E-state index contributed by atoms with van der Waals surface area (Å²) in [6.45, 7) is 9.95. The van der Waals surface area contributed by atoms with Crippen molar-refractivity contribution in [2.24, 2.45) is 11.1 Å². The molecular weight excluding hydrogens is 354 g/mol. The van der Waals surface area contributed by atoms with E-state index in [1.54, 1.807) is 0 Å². The highest BCUT2D eigenvalue weighted by Crippen LogP contribution is 2.35. The van der Waals surface area contributed by atoms with Crippen LogP contribution >= 0.6 is 0 Å². The Labute approximate surface area is 165 Å². The number of Topliss-reactive ketones (excluding diaryl/α,β-unsaturated/α-hetero) is 1.